The average Bonchev–Trinajstić information content (AvgIpc) is 3.60. The van der Waals surface area contributed by atoms with E-state index in [-0.39, 0.29) is 50.8 Å². The second-order valence-corrected chi connectivity index (χ2v) is 12.2. The fourth-order valence-corrected chi connectivity index (χ4v) is 6.04. The van der Waals surface area contributed by atoms with E-state index in [2.05, 4.69) is 19.4 Å². The fourth-order valence-electron chi connectivity index (χ4n) is 5.04. The highest BCUT2D eigenvalue weighted by Crippen LogP contribution is 2.45. The smallest absolute Gasteiger partial charge is 0.440 e. The molecule has 0 atom stereocenters. The van der Waals surface area contributed by atoms with Crippen LogP contribution in [-0.2, 0) is 16.0 Å². The van der Waals surface area contributed by atoms with Crippen molar-refractivity contribution in [2.45, 2.75) is 38.1 Å². The molecule has 6 rings (SSSR count). The number of sulfone groups is 1. The fraction of sp³-hybridized carbons (Fsp3) is 0.200. The van der Waals surface area contributed by atoms with Crippen molar-refractivity contribution in [2.75, 3.05) is 6.26 Å². The first-order valence-corrected chi connectivity index (χ1v) is 14.9. The van der Waals surface area contributed by atoms with Gasteiger partial charge in [-0.2, -0.15) is 13.2 Å². The highest BCUT2D eigenvalue weighted by atomic mass is 32.2. The Labute approximate surface area is 247 Å². The SMILES string of the molecule is Cc1nc(-c2cc(-c3ccc(C)c(S(C)(=O)=O)c3)ccc2-n2cc(C(F)(F)F)nc2C)c(-c2ccc3c(c2)OC(F)(F)O3)o1. The molecule has 0 aliphatic carbocycles. The standard InChI is InChI=1S/C30H22F5N3O5S/c1-15-5-6-19(13-25(15)44(4,39)40)18-7-9-22(38-14-26(29(31,32)33)36-16(38)2)21(11-18)27-28(41-17(3)37-27)20-8-10-23-24(12-20)43-30(34,35)42-23/h5-14H,1-4H3. The summed E-state index contributed by atoms with van der Waals surface area (Å²) in [4.78, 5) is 8.33. The summed E-state index contributed by atoms with van der Waals surface area (Å²) < 4.78 is 109. The van der Waals surface area contributed by atoms with Gasteiger partial charge in [-0.25, -0.2) is 18.4 Å². The number of fused-ring (bicyclic) bond motifs is 1. The number of nitrogens with zero attached hydrogens (tertiary/aromatic N) is 3. The zero-order chi connectivity index (χ0) is 31.8. The molecule has 0 bridgehead atoms. The minimum absolute atomic E-state index is 0.0353. The van der Waals surface area contributed by atoms with Gasteiger partial charge in [0, 0.05) is 30.5 Å². The highest BCUT2D eigenvalue weighted by Gasteiger charge is 2.43. The van der Waals surface area contributed by atoms with E-state index in [1.54, 1.807) is 44.2 Å². The van der Waals surface area contributed by atoms with Crippen LogP contribution < -0.4 is 9.47 Å². The van der Waals surface area contributed by atoms with Crippen LogP contribution in [0.15, 0.2) is 70.1 Å². The Kier molecular flexibility index (Phi) is 6.61. The lowest BCUT2D eigenvalue weighted by molar-refractivity contribution is -0.286. The number of ether oxygens (including phenoxy) is 2. The zero-order valence-corrected chi connectivity index (χ0v) is 24.3. The number of hydrogen-bond donors (Lipinski definition) is 0. The summed E-state index contributed by atoms with van der Waals surface area (Å²) >= 11 is 0. The summed E-state index contributed by atoms with van der Waals surface area (Å²) in [6.45, 7) is 4.64. The maximum absolute atomic E-state index is 13.7. The molecule has 8 nitrogen and oxygen atoms in total. The topological polar surface area (TPSA) is 96.5 Å². The predicted molar refractivity (Wildman–Crippen MR) is 148 cm³/mol. The molecule has 14 heteroatoms. The first-order valence-electron chi connectivity index (χ1n) is 13.0. The molecule has 1 aliphatic heterocycles. The Morgan fingerprint density at radius 1 is 0.841 bits per heavy atom. The second kappa shape index (κ2) is 9.91. The van der Waals surface area contributed by atoms with Crippen LogP contribution in [0.2, 0.25) is 0 Å². The number of benzene rings is 3. The molecule has 5 aromatic rings. The van der Waals surface area contributed by atoms with E-state index in [0.717, 1.165) is 12.5 Å². The summed E-state index contributed by atoms with van der Waals surface area (Å²) in [5.41, 5.74) is 1.51. The zero-order valence-electron chi connectivity index (χ0n) is 23.5. The molecule has 0 radical (unpaired) electrons. The minimum atomic E-state index is -4.70. The number of rotatable bonds is 5. The summed E-state index contributed by atoms with van der Waals surface area (Å²) in [6, 6.07) is 13.7. The van der Waals surface area contributed by atoms with Crippen LogP contribution in [0, 0.1) is 20.8 Å². The second-order valence-electron chi connectivity index (χ2n) is 10.3. The van der Waals surface area contributed by atoms with E-state index in [0.29, 0.717) is 22.3 Å². The van der Waals surface area contributed by atoms with Crippen molar-refractivity contribution in [3.05, 3.63) is 83.8 Å². The molecule has 0 saturated heterocycles. The van der Waals surface area contributed by atoms with Gasteiger partial charge in [0.05, 0.1) is 10.6 Å². The van der Waals surface area contributed by atoms with E-state index in [4.69, 9.17) is 4.42 Å². The number of imidazole rings is 1. The molecule has 1 aliphatic rings. The maximum atomic E-state index is 13.7. The Hall–Kier alpha value is -4.72. The van der Waals surface area contributed by atoms with Crippen LogP contribution in [0.5, 0.6) is 11.5 Å². The highest BCUT2D eigenvalue weighted by molar-refractivity contribution is 7.90. The number of alkyl halides is 5. The van der Waals surface area contributed by atoms with Gasteiger partial charge < -0.3 is 18.5 Å². The molecule has 3 heterocycles. The van der Waals surface area contributed by atoms with Gasteiger partial charge in [-0.15, -0.1) is 8.78 Å². The average molecular weight is 632 g/mol. The largest absolute Gasteiger partial charge is 0.586 e. The van der Waals surface area contributed by atoms with Crippen molar-refractivity contribution in [1.29, 1.82) is 0 Å². The first kappa shape index (κ1) is 29.4. The van der Waals surface area contributed by atoms with Crippen LogP contribution in [0.3, 0.4) is 0 Å². The van der Waals surface area contributed by atoms with Gasteiger partial charge in [0.2, 0.25) is 0 Å². The number of halogens is 5. The van der Waals surface area contributed by atoms with Gasteiger partial charge in [-0.1, -0.05) is 18.2 Å². The normalized spacial score (nSPS) is 14.3. The Bertz CT molecular complexity index is 2070. The molecule has 0 unspecified atom stereocenters. The summed E-state index contributed by atoms with van der Waals surface area (Å²) in [6.07, 6.45) is -6.60. The molecule has 0 saturated carbocycles. The van der Waals surface area contributed by atoms with Gasteiger partial charge in [0.15, 0.2) is 38.7 Å². The number of oxazole rings is 1. The first-order chi connectivity index (χ1) is 20.5. The van der Waals surface area contributed by atoms with Gasteiger partial charge in [0.1, 0.15) is 11.5 Å². The Morgan fingerprint density at radius 2 is 1.50 bits per heavy atom. The third kappa shape index (κ3) is 5.29. The lowest BCUT2D eigenvalue weighted by Crippen LogP contribution is -2.25. The monoisotopic (exact) mass is 631 g/mol. The van der Waals surface area contributed by atoms with Crippen molar-refractivity contribution in [2.24, 2.45) is 0 Å². The van der Waals surface area contributed by atoms with Crippen LogP contribution in [0.25, 0.3) is 39.4 Å². The molecule has 2 aromatic heterocycles. The van der Waals surface area contributed by atoms with Gasteiger partial charge in [-0.05, 0) is 66.9 Å². The van der Waals surface area contributed by atoms with E-state index in [9.17, 15) is 30.4 Å². The van der Waals surface area contributed by atoms with Crippen molar-refractivity contribution in [3.63, 3.8) is 0 Å². The van der Waals surface area contributed by atoms with Crippen LogP contribution in [-0.4, -0.2) is 35.5 Å². The number of aryl methyl sites for hydroxylation is 3. The van der Waals surface area contributed by atoms with Gasteiger partial charge in [0.25, 0.3) is 0 Å². The lowest BCUT2D eigenvalue weighted by Gasteiger charge is -2.15. The van der Waals surface area contributed by atoms with Crippen molar-refractivity contribution in [1.82, 2.24) is 14.5 Å². The summed E-state index contributed by atoms with van der Waals surface area (Å²) in [7, 11) is -3.57. The van der Waals surface area contributed by atoms with E-state index in [1.165, 1.54) is 35.8 Å². The Balaban J connectivity index is 1.58. The van der Waals surface area contributed by atoms with E-state index < -0.39 is 28.0 Å². The minimum Gasteiger partial charge on any atom is -0.440 e. The third-order valence-corrected chi connectivity index (χ3v) is 8.24. The van der Waals surface area contributed by atoms with Gasteiger partial charge >= 0.3 is 12.5 Å². The molecular weight excluding hydrogens is 609 g/mol. The van der Waals surface area contributed by atoms with Crippen molar-refractivity contribution >= 4 is 9.84 Å². The molecule has 0 spiro atoms. The van der Waals surface area contributed by atoms with Crippen LogP contribution >= 0.6 is 0 Å². The van der Waals surface area contributed by atoms with Gasteiger partial charge in [-0.3, -0.25) is 0 Å². The number of aromatic nitrogens is 3. The molecule has 0 amide bonds. The van der Waals surface area contributed by atoms with Crippen molar-refractivity contribution < 1.29 is 44.3 Å². The molecule has 44 heavy (non-hydrogen) atoms. The number of hydrogen-bond acceptors (Lipinski definition) is 7. The summed E-state index contributed by atoms with van der Waals surface area (Å²) in [5.74, 6) is -0.0868. The van der Waals surface area contributed by atoms with Crippen molar-refractivity contribution in [3.8, 4) is 50.9 Å². The quantitative estimate of drug-likeness (QED) is 0.185. The van der Waals surface area contributed by atoms with E-state index >= 15 is 0 Å². The predicted octanol–water partition coefficient (Wildman–Crippen LogP) is 7.53. The lowest BCUT2D eigenvalue weighted by atomic mass is 9.97. The van der Waals surface area contributed by atoms with Crippen LogP contribution in [0.1, 0.15) is 23.0 Å². The maximum Gasteiger partial charge on any atom is 0.586 e. The summed E-state index contributed by atoms with van der Waals surface area (Å²) in [5, 5.41) is 0. The van der Waals surface area contributed by atoms with E-state index in [1.807, 2.05) is 0 Å². The molecule has 228 valence electrons. The molecule has 0 N–H and O–H groups in total. The molecular formula is C30H22F5N3O5S. The van der Waals surface area contributed by atoms with Crippen LogP contribution in [0.4, 0.5) is 22.0 Å². The molecule has 0 fully saturated rings. The Morgan fingerprint density at radius 3 is 2.18 bits per heavy atom. The molecule has 3 aromatic carbocycles. The third-order valence-electron chi connectivity index (χ3n) is 7.00.